The number of ether oxygens (including phenoxy) is 1. The summed E-state index contributed by atoms with van der Waals surface area (Å²) in [6, 6.07) is 6.73. The molecule has 3 rings (SSSR count). The van der Waals surface area contributed by atoms with Crippen molar-refractivity contribution in [1.29, 1.82) is 0 Å². The molecule has 1 saturated heterocycles. The number of anilines is 1. The van der Waals surface area contributed by atoms with Crippen molar-refractivity contribution in [2.45, 2.75) is 39.5 Å². The van der Waals surface area contributed by atoms with Gasteiger partial charge < -0.3 is 15.0 Å². The van der Waals surface area contributed by atoms with Crippen LogP contribution in [0, 0.1) is 11.3 Å². The summed E-state index contributed by atoms with van der Waals surface area (Å²) in [6.07, 6.45) is 3.22. The fourth-order valence-corrected chi connectivity index (χ4v) is 3.56. The van der Waals surface area contributed by atoms with E-state index < -0.39 is 11.4 Å². The van der Waals surface area contributed by atoms with Crippen molar-refractivity contribution >= 4 is 23.5 Å². The molecule has 0 spiro atoms. The highest BCUT2D eigenvalue weighted by Gasteiger charge is 2.58. The van der Waals surface area contributed by atoms with E-state index in [9.17, 15) is 14.4 Å². The molecule has 1 aromatic rings. The molecule has 1 aromatic carbocycles. The van der Waals surface area contributed by atoms with Crippen molar-refractivity contribution in [3.63, 3.8) is 0 Å². The first-order valence-electron chi connectivity index (χ1n) is 9.35. The summed E-state index contributed by atoms with van der Waals surface area (Å²) in [4.78, 5) is 39.8. The van der Waals surface area contributed by atoms with Crippen LogP contribution in [0.3, 0.4) is 0 Å². The van der Waals surface area contributed by atoms with Gasteiger partial charge in [-0.25, -0.2) is 4.79 Å². The Hall–Kier alpha value is -2.37. The third kappa shape index (κ3) is 3.59. The van der Waals surface area contributed by atoms with Crippen LogP contribution in [0.2, 0.25) is 0 Å². The number of amides is 2. The highest BCUT2D eigenvalue weighted by molar-refractivity contribution is 6.14. The summed E-state index contributed by atoms with van der Waals surface area (Å²) in [5.74, 6) is -0.409. The highest BCUT2D eigenvalue weighted by atomic mass is 16.5. The minimum atomic E-state index is -0.973. The lowest BCUT2D eigenvalue weighted by atomic mass is 9.96. The second-order valence-corrected chi connectivity index (χ2v) is 7.30. The van der Waals surface area contributed by atoms with Crippen LogP contribution in [-0.4, -0.2) is 42.4 Å². The lowest BCUT2D eigenvalue weighted by Crippen LogP contribution is -2.47. The number of carbonyl (C=O) groups excluding carboxylic acids is 3. The molecule has 1 heterocycles. The third-order valence-corrected chi connectivity index (χ3v) is 5.21. The van der Waals surface area contributed by atoms with E-state index in [1.54, 1.807) is 31.2 Å². The van der Waals surface area contributed by atoms with Crippen molar-refractivity contribution in [3.05, 3.63) is 29.8 Å². The maximum atomic E-state index is 13.0. The Labute approximate surface area is 153 Å². The van der Waals surface area contributed by atoms with Gasteiger partial charge in [-0.15, -0.1) is 0 Å². The van der Waals surface area contributed by atoms with Crippen molar-refractivity contribution in [1.82, 2.24) is 4.90 Å². The van der Waals surface area contributed by atoms with Crippen LogP contribution < -0.4 is 5.32 Å². The molecule has 6 heteroatoms. The zero-order valence-electron chi connectivity index (χ0n) is 15.4. The first-order valence-corrected chi connectivity index (χ1v) is 9.35. The third-order valence-electron chi connectivity index (χ3n) is 5.21. The van der Waals surface area contributed by atoms with Gasteiger partial charge in [0.15, 0.2) is 0 Å². The van der Waals surface area contributed by atoms with Crippen LogP contribution >= 0.6 is 0 Å². The summed E-state index contributed by atoms with van der Waals surface area (Å²) in [5.41, 5.74) is -0.279. The zero-order chi connectivity index (χ0) is 18.7. The average Bonchev–Trinajstić information content (AvgIpc) is 3.44. The Balaban J connectivity index is 1.74. The number of nitrogens with one attached hydrogen (secondary N) is 1. The SMILES string of the molecule is CCOC(=O)c1ccccc1NC(=O)C1(C(=O)N2CCCC(C)C2)CC1. The highest BCUT2D eigenvalue weighted by Crippen LogP contribution is 2.48. The molecule has 2 aliphatic rings. The summed E-state index contributed by atoms with van der Waals surface area (Å²) in [7, 11) is 0. The van der Waals surface area contributed by atoms with Crippen LogP contribution in [0.5, 0.6) is 0 Å². The van der Waals surface area contributed by atoms with Gasteiger partial charge in [-0.1, -0.05) is 19.1 Å². The number of piperidine rings is 1. The molecule has 1 aliphatic heterocycles. The smallest absolute Gasteiger partial charge is 0.340 e. The molecule has 6 nitrogen and oxygen atoms in total. The molecule has 0 bridgehead atoms. The predicted molar refractivity (Wildman–Crippen MR) is 97.7 cm³/mol. The average molecular weight is 358 g/mol. The van der Waals surface area contributed by atoms with Crippen molar-refractivity contribution in [2.75, 3.05) is 25.0 Å². The molecule has 1 atom stereocenters. The van der Waals surface area contributed by atoms with Crippen LogP contribution in [0.1, 0.15) is 49.9 Å². The Kier molecular flexibility index (Phi) is 5.30. The van der Waals surface area contributed by atoms with Crippen molar-refractivity contribution < 1.29 is 19.1 Å². The number of likely N-dealkylation sites (tertiary alicyclic amines) is 1. The molecule has 2 fully saturated rings. The number of hydrogen-bond donors (Lipinski definition) is 1. The van der Waals surface area contributed by atoms with E-state index in [0.29, 0.717) is 36.6 Å². The molecule has 0 aromatic heterocycles. The Morgan fingerprint density at radius 1 is 1.27 bits per heavy atom. The molecule has 1 saturated carbocycles. The Morgan fingerprint density at radius 2 is 2.00 bits per heavy atom. The summed E-state index contributed by atoms with van der Waals surface area (Å²) < 4.78 is 5.04. The van der Waals surface area contributed by atoms with Crippen LogP contribution in [0.4, 0.5) is 5.69 Å². The molecule has 1 aliphatic carbocycles. The first-order chi connectivity index (χ1) is 12.5. The maximum Gasteiger partial charge on any atom is 0.340 e. The van der Waals surface area contributed by atoms with Crippen molar-refractivity contribution in [3.8, 4) is 0 Å². The van der Waals surface area contributed by atoms with Gasteiger partial charge in [0.25, 0.3) is 0 Å². The number of para-hydroxylation sites is 1. The molecule has 26 heavy (non-hydrogen) atoms. The molecule has 1 unspecified atom stereocenters. The molecule has 140 valence electrons. The maximum absolute atomic E-state index is 13.0. The second-order valence-electron chi connectivity index (χ2n) is 7.30. The Bertz CT molecular complexity index is 712. The number of rotatable bonds is 5. The molecular formula is C20H26N2O4. The number of esters is 1. The van der Waals surface area contributed by atoms with Gasteiger partial charge in [0.05, 0.1) is 17.9 Å². The van der Waals surface area contributed by atoms with Crippen LogP contribution in [0.25, 0.3) is 0 Å². The predicted octanol–water partition coefficient (Wildman–Crippen LogP) is 2.84. The van der Waals surface area contributed by atoms with Gasteiger partial charge in [-0.2, -0.15) is 0 Å². The van der Waals surface area contributed by atoms with Gasteiger partial charge in [0, 0.05) is 13.1 Å². The van der Waals surface area contributed by atoms with Gasteiger partial charge in [0.1, 0.15) is 5.41 Å². The van der Waals surface area contributed by atoms with E-state index in [-0.39, 0.29) is 18.4 Å². The van der Waals surface area contributed by atoms with E-state index in [4.69, 9.17) is 4.74 Å². The lowest BCUT2D eigenvalue weighted by Gasteiger charge is -2.33. The normalized spacial score (nSPS) is 21.0. The van der Waals surface area contributed by atoms with Gasteiger partial charge in [-0.05, 0) is 50.7 Å². The Morgan fingerprint density at radius 3 is 2.65 bits per heavy atom. The van der Waals surface area contributed by atoms with E-state index in [1.807, 2.05) is 4.90 Å². The summed E-state index contributed by atoms with van der Waals surface area (Å²) >= 11 is 0. The zero-order valence-corrected chi connectivity index (χ0v) is 15.4. The van der Waals surface area contributed by atoms with E-state index in [0.717, 1.165) is 19.4 Å². The lowest BCUT2D eigenvalue weighted by molar-refractivity contribution is -0.143. The summed E-state index contributed by atoms with van der Waals surface area (Å²) in [6.45, 7) is 5.56. The minimum Gasteiger partial charge on any atom is -0.462 e. The first kappa shape index (κ1) is 18.4. The molecule has 0 radical (unpaired) electrons. The van der Waals surface area contributed by atoms with Crippen LogP contribution in [0.15, 0.2) is 24.3 Å². The number of hydrogen-bond acceptors (Lipinski definition) is 4. The quantitative estimate of drug-likeness (QED) is 0.649. The largest absolute Gasteiger partial charge is 0.462 e. The van der Waals surface area contributed by atoms with Gasteiger partial charge in [0.2, 0.25) is 11.8 Å². The standard InChI is InChI=1S/C20H26N2O4/c1-3-26-17(23)15-8-4-5-9-16(15)21-18(24)20(10-11-20)19(25)22-12-6-7-14(2)13-22/h4-5,8-9,14H,3,6-7,10-13H2,1-2H3,(H,21,24). The topological polar surface area (TPSA) is 75.7 Å². The van der Waals surface area contributed by atoms with Crippen molar-refractivity contribution in [2.24, 2.45) is 11.3 Å². The number of benzene rings is 1. The fraction of sp³-hybridized carbons (Fsp3) is 0.550. The molecular weight excluding hydrogens is 332 g/mol. The monoisotopic (exact) mass is 358 g/mol. The molecule has 2 amide bonds. The van der Waals surface area contributed by atoms with Crippen LogP contribution in [-0.2, 0) is 14.3 Å². The second kappa shape index (κ2) is 7.48. The molecule has 1 N–H and O–H groups in total. The van der Waals surface area contributed by atoms with Gasteiger partial charge >= 0.3 is 5.97 Å². The minimum absolute atomic E-state index is 0.0739. The number of nitrogens with zero attached hydrogens (tertiary/aromatic N) is 1. The fourth-order valence-electron chi connectivity index (χ4n) is 3.56. The van der Waals surface area contributed by atoms with E-state index in [2.05, 4.69) is 12.2 Å². The number of carbonyl (C=O) groups is 3. The van der Waals surface area contributed by atoms with Gasteiger partial charge in [-0.3, -0.25) is 9.59 Å². The van der Waals surface area contributed by atoms with E-state index >= 15 is 0 Å². The van der Waals surface area contributed by atoms with E-state index in [1.165, 1.54) is 0 Å². The summed E-state index contributed by atoms with van der Waals surface area (Å²) in [5, 5.41) is 2.80.